The maximum absolute atomic E-state index is 11.7. The van der Waals surface area contributed by atoms with Gasteiger partial charge in [-0.15, -0.1) is 0 Å². The molecule has 1 aromatic heterocycles. The molecule has 7 nitrogen and oxygen atoms in total. The lowest BCUT2D eigenvalue weighted by Gasteiger charge is -2.03. The summed E-state index contributed by atoms with van der Waals surface area (Å²) in [5.41, 5.74) is 0.253. The van der Waals surface area contributed by atoms with Gasteiger partial charge in [-0.25, -0.2) is 9.59 Å². The van der Waals surface area contributed by atoms with Gasteiger partial charge in [0.1, 0.15) is 12.3 Å². The first-order valence-electron chi connectivity index (χ1n) is 6.55. The summed E-state index contributed by atoms with van der Waals surface area (Å²) in [4.78, 5) is 23.2. The lowest BCUT2D eigenvalue weighted by atomic mass is 10.2. The number of nitrogens with zero attached hydrogens (tertiary/aromatic N) is 1. The molecule has 114 valence electrons. The summed E-state index contributed by atoms with van der Waals surface area (Å²) in [7, 11) is 0. The fourth-order valence-electron chi connectivity index (χ4n) is 1.59. The molecule has 0 saturated carbocycles. The lowest BCUT2D eigenvalue weighted by Crippen LogP contribution is -2.13. The molecule has 0 amide bonds. The smallest absolute Gasteiger partial charge is 0.360 e. The largest absolute Gasteiger partial charge is 0.461 e. The fourth-order valence-corrected chi connectivity index (χ4v) is 1.59. The third-order valence-corrected chi connectivity index (χ3v) is 2.65. The summed E-state index contributed by atoms with van der Waals surface area (Å²) in [6.07, 6.45) is 0. The molecule has 0 fully saturated rings. The highest BCUT2D eigenvalue weighted by Gasteiger charge is 2.17. The minimum atomic E-state index is -0.633. The highest BCUT2D eigenvalue weighted by atomic mass is 16.5. The average Bonchev–Trinajstić information content (AvgIpc) is 3.03. The Hall–Kier alpha value is -2.96. The van der Waals surface area contributed by atoms with Gasteiger partial charge in [-0.2, -0.15) is 0 Å². The van der Waals surface area contributed by atoms with E-state index in [9.17, 15) is 9.59 Å². The maximum atomic E-state index is 11.7. The topological polar surface area (TPSA) is 102 Å². The van der Waals surface area contributed by atoms with Crippen molar-refractivity contribution in [2.75, 3.05) is 13.2 Å². The van der Waals surface area contributed by atoms with Crippen LogP contribution in [0.2, 0.25) is 0 Å². The molecular formula is C15H14N2O5. The van der Waals surface area contributed by atoms with Crippen molar-refractivity contribution in [2.24, 2.45) is 0 Å². The summed E-state index contributed by atoms with van der Waals surface area (Å²) >= 11 is 0. The number of carbonyl (C=O) groups is 2. The van der Waals surface area contributed by atoms with Crippen LogP contribution < -0.4 is 0 Å². The number of benzene rings is 1. The first-order valence-corrected chi connectivity index (χ1v) is 6.55. The Bertz CT molecular complexity index is 678. The van der Waals surface area contributed by atoms with E-state index >= 15 is 0 Å². The third-order valence-electron chi connectivity index (χ3n) is 2.65. The van der Waals surface area contributed by atoms with Gasteiger partial charge in [0.25, 0.3) is 0 Å². The van der Waals surface area contributed by atoms with Crippen LogP contribution in [0.5, 0.6) is 0 Å². The Balaban J connectivity index is 1.93. The van der Waals surface area contributed by atoms with Crippen molar-refractivity contribution in [1.82, 2.24) is 5.16 Å². The van der Waals surface area contributed by atoms with E-state index in [0.717, 1.165) is 0 Å². The summed E-state index contributed by atoms with van der Waals surface area (Å²) in [5.74, 6) is -1.13. The van der Waals surface area contributed by atoms with Crippen LogP contribution in [-0.2, 0) is 9.47 Å². The molecule has 0 spiro atoms. The van der Waals surface area contributed by atoms with E-state index in [2.05, 4.69) is 5.16 Å². The van der Waals surface area contributed by atoms with Crippen LogP contribution in [0.3, 0.4) is 0 Å². The molecule has 1 aromatic carbocycles. The molecule has 0 saturated heterocycles. The second-order valence-electron chi connectivity index (χ2n) is 4.22. The van der Waals surface area contributed by atoms with E-state index in [0.29, 0.717) is 5.56 Å². The molecule has 1 N–H and O–H groups in total. The highest BCUT2D eigenvalue weighted by Crippen LogP contribution is 2.08. The Kier molecular flexibility index (Phi) is 5.02. The van der Waals surface area contributed by atoms with Gasteiger partial charge >= 0.3 is 11.9 Å². The van der Waals surface area contributed by atoms with Gasteiger partial charge in [0, 0.05) is 6.07 Å². The van der Waals surface area contributed by atoms with E-state index in [-0.39, 0.29) is 30.4 Å². The van der Waals surface area contributed by atoms with Crippen molar-refractivity contribution in [3.63, 3.8) is 0 Å². The van der Waals surface area contributed by atoms with Gasteiger partial charge in [-0.05, 0) is 19.1 Å². The molecule has 0 bridgehead atoms. The van der Waals surface area contributed by atoms with E-state index in [1.807, 2.05) is 0 Å². The zero-order valence-electron chi connectivity index (χ0n) is 11.9. The monoisotopic (exact) mass is 302 g/mol. The predicted octanol–water partition coefficient (Wildman–Crippen LogP) is 2.08. The van der Waals surface area contributed by atoms with Gasteiger partial charge in [-0.1, -0.05) is 23.4 Å². The van der Waals surface area contributed by atoms with Gasteiger partial charge in [-0.3, -0.25) is 5.41 Å². The third kappa shape index (κ3) is 3.78. The van der Waals surface area contributed by atoms with E-state index < -0.39 is 11.9 Å². The summed E-state index contributed by atoms with van der Waals surface area (Å²) < 4.78 is 14.6. The van der Waals surface area contributed by atoms with Crippen LogP contribution in [0.25, 0.3) is 0 Å². The molecule has 0 atom stereocenters. The number of aromatic nitrogens is 1. The number of hydrogen-bond donors (Lipinski definition) is 1. The average molecular weight is 302 g/mol. The molecule has 0 unspecified atom stereocenters. The standard InChI is InChI=1S/C15H14N2O5/c1-2-20-15(19)12-8-13(22-17-12)11(16)9-21-14(18)10-6-4-3-5-7-10/h3-8,16H,2,9H2,1H3. The number of ether oxygens (including phenoxy) is 2. The SMILES string of the molecule is CCOC(=O)c1cc(C(=N)COC(=O)c2ccccc2)on1. The zero-order valence-corrected chi connectivity index (χ0v) is 11.9. The van der Waals surface area contributed by atoms with Crippen molar-refractivity contribution in [3.05, 3.63) is 53.4 Å². The molecule has 1 heterocycles. The Morgan fingerprint density at radius 2 is 1.91 bits per heavy atom. The normalized spacial score (nSPS) is 10.0. The number of esters is 2. The van der Waals surface area contributed by atoms with Gasteiger partial charge in [0.05, 0.1) is 12.2 Å². The summed E-state index contributed by atoms with van der Waals surface area (Å²) in [5, 5.41) is 11.3. The quantitative estimate of drug-likeness (QED) is 0.647. The van der Waals surface area contributed by atoms with Crippen molar-refractivity contribution < 1.29 is 23.6 Å². The number of hydrogen-bond acceptors (Lipinski definition) is 7. The van der Waals surface area contributed by atoms with Crippen molar-refractivity contribution >= 4 is 17.7 Å². The van der Waals surface area contributed by atoms with E-state index in [1.165, 1.54) is 6.07 Å². The van der Waals surface area contributed by atoms with Crippen LogP contribution in [0.15, 0.2) is 40.9 Å². The minimum absolute atomic E-state index is 0.0315. The molecule has 0 radical (unpaired) electrons. The minimum Gasteiger partial charge on any atom is -0.461 e. The molecule has 0 aliphatic carbocycles. The second-order valence-corrected chi connectivity index (χ2v) is 4.22. The van der Waals surface area contributed by atoms with E-state index in [1.54, 1.807) is 37.3 Å². The van der Waals surface area contributed by atoms with Crippen molar-refractivity contribution in [3.8, 4) is 0 Å². The van der Waals surface area contributed by atoms with Gasteiger partial charge in [0.15, 0.2) is 11.5 Å². The molecular weight excluding hydrogens is 288 g/mol. The van der Waals surface area contributed by atoms with Crippen LogP contribution in [-0.4, -0.2) is 36.0 Å². The number of nitrogens with one attached hydrogen (secondary N) is 1. The molecule has 22 heavy (non-hydrogen) atoms. The first-order chi connectivity index (χ1) is 10.6. The molecule has 2 rings (SSSR count). The van der Waals surface area contributed by atoms with Crippen LogP contribution in [0, 0.1) is 5.41 Å². The summed E-state index contributed by atoms with van der Waals surface area (Å²) in [6, 6.07) is 9.70. The molecule has 7 heteroatoms. The van der Waals surface area contributed by atoms with Crippen molar-refractivity contribution in [2.45, 2.75) is 6.92 Å². The van der Waals surface area contributed by atoms with Gasteiger partial charge < -0.3 is 14.0 Å². The number of rotatable bonds is 6. The molecule has 0 aliphatic rings. The first kappa shape index (κ1) is 15.4. The van der Waals surface area contributed by atoms with Gasteiger partial charge in [0.2, 0.25) is 0 Å². The van der Waals surface area contributed by atoms with Crippen LogP contribution in [0.4, 0.5) is 0 Å². The van der Waals surface area contributed by atoms with Crippen molar-refractivity contribution in [1.29, 1.82) is 5.41 Å². The van der Waals surface area contributed by atoms with Crippen LogP contribution >= 0.6 is 0 Å². The molecule has 0 aliphatic heterocycles. The Labute approximate surface area is 126 Å². The summed E-state index contributed by atoms with van der Waals surface area (Å²) in [6.45, 7) is 1.60. The fraction of sp³-hybridized carbons (Fsp3) is 0.200. The predicted molar refractivity (Wildman–Crippen MR) is 76.0 cm³/mol. The Morgan fingerprint density at radius 1 is 1.18 bits per heavy atom. The number of carbonyl (C=O) groups excluding carboxylic acids is 2. The second kappa shape index (κ2) is 7.16. The lowest BCUT2D eigenvalue weighted by molar-refractivity contribution is 0.0513. The van der Waals surface area contributed by atoms with E-state index in [4.69, 9.17) is 19.4 Å². The highest BCUT2D eigenvalue weighted by molar-refractivity contribution is 6.00. The Morgan fingerprint density at radius 3 is 2.59 bits per heavy atom. The maximum Gasteiger partial charge on any atom is 0.360 e. The zero-order chi connectivity index (χ0) is 15.9. The molecule has 2 aromatic rings. The van der Waals surface area contributed by atoms with Crippen LogP contribution in [0.1, 0.15) is 33.5 Å².